The zero-order valence-corrected chi connectivity index (χ0v) is 10.2. The van der Waals surface area contributed by atoms with Crippen molar-refractivity contribution in [3.05, 3.63) is 34.6 Å². The van der Waals surface area contributed by atoms with Crippen LogP contribution in [-0.4, -0.2) is 11.8 Å². The van der Waals surface area contributed by atoms with Crippen LogP contribution in [0, 0.1) is 11.7 Å². The highest BCUT2D eigenvalue weighted by Gasteiger charge is 2.29. The van der Waals surface area contributed by atoms with Crippen molar-refractivity contribution in [2.45, 2.75) is 31.7 Å². The van der Waals surface area contributed by atoms with Gasteiger partial charge in [-0.15, -0.1) is 0 Å². The van der Waals surface area contributed by atoms with Gasteiger partial charge in [0.25, 0.3) is 0 Å². The van der Waals surface area contributed by atoms with Crippen LogP contribution in [0.15, 0.2) is 18.2 Å². The van der Waals surface area contributed by atoms with E-state index in [1.807, 2.05) is 0 Å². The summed E-state index contributed by atoms with van der Waals surface area (Å²) in [5.41, 5.74) is 6.14. The van der Waals surface area contributed by atoms with E-state index in [4.69, 9.17) is 17.3 Å². The summed E-state index contributed by atoms with van der Waals surface area (Å²) in [5, 5.41) is 0.304. The van der Waals surface area contributed by atoms with Crippen LogP contribution in [0.2, 0.25) is 5.02 Å². The molecule has 4 heteroatoms. The number of benzene rings is 1. The molecular weight excluding hydrogens is 241 g/mol. The van der Waals surface area contributed by atoms with E-state index in [1.165, 1.54) is 12.1 Å². The molecule has 1 aromatic carbocycles. The molecule has 0 spiro atoms. The molecule has 2 nitrogen and oxygen atoms in total. The maximum Gasteiger partial charge on any atom is 0.138 e. The second kappa shape index (κ2) is 5.15. The van der Waals surface area contributed by atoms with Crippen LogP contribution in [-0.2, 0) is 11.2 Å². The Morgan fingerprint density at radius 2 is 2.24 bits per heavy atom. The van der Waals surface area contributed by atoms with E-state index in [2.05, 4.69) is 0 Å². The standard InChI is InChI=1S/C13H15ClFNO/c14-11-2-1-3-12(15)10(11)6-9(17)7-13(16)8-4-5-8/h1-3,8,13H,4-7,16H2. The molecule has 0 amide bonds. The SMILES string of the molecule is NC(CC(=O)Cc1c(F)cccc1Cl)C1CC1. The maximum absolute atomic E-state index is 13.5. The van der Waals surface area contributed by atoms with Crippen molar-refractivity contribution in [3.8, 4) is 0 Å². The first kappa shape index (κ1) is 12.5. The Hall–Kier alpha value is -0.930. The smallest absolute Gasteiger partial charge is 0.138 e. The van der Waals surface area contributed by atoms with Crippen molar-refractivity contribution in [2.24, 2.45) is 11.7 Å². The molecule has 1 unspecified atom stereocenters. The Bertz CT molecular complexity index is 411. The number of hydrogen-bond donors (Lipinski definition) is 1. The van der Waals surface area contributed by atoms with Crippen molar-refractivity contribution >= 4 is 17.4 Å². The Morgan fingerprint density at radius 1 is 1.53 bits per heavy atom. The van der Waals surface area contributed by atoms with Crippen LogP contribution in [0.1, 0.15) is 24.8 Å². The molecule has 92 valence electrons. The quantitative estimate of drug-likeness (QED) is 0.879. The predicted molar refractivity (Wildman–Crippen MR) is 65.4 cm³/mol. The predicted octanol–water partition coefficient (Wildman–Crippen LogP) is 2.72. The lowest BCUT2D eigenvalue weighted by Crippen LogP contribution is -2.26. The van der Waals surface area contributed by atoms with Crippen molar-refractivity contribution in [3.63, 3.8) is 0 Å². The monoisotopic (exact) mass is 255 g/mol. The van der Waals surface area contributed by atoms with Gasteiger partial charge in [0.1, 0.15) is 11.6 Å². The highest BCUT2D eigenvalue weighted by atomic mass is 35.5. The number of hydrogen-bond acceptors (Lipinski definition) is 2. The van der Waals surface area contributed by atoms with Gasteiger partial charge in [0.2, 0.25) is 0 Å². The molecule has 17 heavy (non-hydrogen) atoms. The minimum Gasteiger partial charge on any atom is -0.327 e. The van der Waals surface area contributed by atoms with E-state index in [1.54, 1.807) is 6.07 Å². The van der Waals surface area contributed by atoms with E-state index >= 15 is 0 Å². The first-order valence-corrected chi connectivity index (χ1v) is 6.16. The highest BCUT2D eigenvalue weighted by Crippen LogP contribution is 2.33. The molecule has 2 N–H and O–H groups in total. The summed E-state index contributed by atoms with van der Waals surface area (Å²) in [6, 6.07) is 4.36. The lowest BCUT2D eigenvalue weighted by atomic mass is 10.0. The largest absolute Gasteiger partial charge is 0.327 e. The van der Waals surface area contributed by atoms with E-state index in [9.17, 15) is 9.18 Å². The third kappa shape index (κ3) is 3.27. The van der Waals surface area contributed by atoms with Crippen LogP contribution < -0.4 is 5.73 Å². The highest BCUT2D eigenvalue weighted by molar-refractivity contribution is 6.31. The molecular formula is C13H15ClFNO. The second-order valence-electron chi connectivity index (χ2n) is 4.62. The van der Waals surface area contributed by atoms with Gasteiger partial charge in [0.05, 0.1) is 0 Å². The van der Waals surface area contributed by atoms with Gasteiger partial charge in [-0.25, -0.2) is 4.39 Å². The first-order valence-electron chi connectivity index (χ1n) is 5.78. The third-order valence-corrected chi connectivity index (χ3v) is 3.48. The molecule has 0 saturated heterocycles. The van der Waals surface area contributed by atoms with Crippen LogP contribution in [0.4, 0.5) is 4.39 Å². The third-order valence-electron chi connectivity index (χ3n) is 3.13. The number of carbonyl (C=O) groups excluding carboxylic acids is 1. The lowest BCUT2D eigenvalue weighted by molar-refractivity contribution is -0.118. The number of rotatable bonds is 5. The Morgan fingerprint density at radius 3 is 2.82 bits per heavy atom. The Labute approximate surface area is 105 Å². The fourth-order valence-corrected chi connectivity index (χ4v) is 2.15. The number of halogens is 2. The van der Waals surface area contributed by atoms with E-state index < -0.39 is 5.82 Å². The van der Waals surface area contributed by atoms with Crippen molar-refractivity contribution in [2.75, 3.05) is 0 Å². The summed E-state index contributed by atoms with van der Waals surface area (Å²) >= 11 is 5.86. The second-order valence-corrected chi connectivity index (χ2v) is 5.03. The summed E-state index contributed by atoms with van der Waals surface area (Å²) < 4.78 is 13.5. The summed E-state index contributed by atoms with van der Waals surface area (Å²) in [5.74, 6) is 0.0114. The Kier molecular flexibility index (Phi) is 3.79. The first-order chi connectivity index (χ1) is 8.08. The number of Topliss-reactive ketones (excluding diaryl/α,β-unsaturated/α-hetero) is 1. The fourth-order valence-electron chi connectivity index (χ4n) is 1.92. The van der Waals surface area contributed by atoms with Crippen molar-refractivity contribution < 1.29 is 9.18 Å². The van der Waals surface area contributed by atoms with Gasteiger partial charge in [0.15, 0.2) is 0 Å². The zero-order valence-electron chi connectivity index (χ0n) is 9.46. The number of nitrogens with two attached hydrogens (primary N) is 1. The minimum absolute atomic E-state index is 0.0337. The van der Waals surface area contributed by atoms with E-state index in [0.29, 0.717) is 17.4 Å². The molecule has 0 bridgehead atoms. The van der Waals surface area contributed by atoms with Gasteiger partial charge < -0.3 is 5.73 Å². The molecule has 0 aromatic heterocycles. The topological polar surface area (TPSA) is 43.1 Å². The normalized spacial score (nSPS) is 16.9. The molecule has 0 radical (unpaired) electrons. The number of carbonyl (C=O) groups is 1. The van der Waals surface area contributed by atoms with Gasteiger partial charge >= 0.3 is 0 Å². The van der Waals surface area contributed by atoms with Crippen LogP contribution >= 0.6 is 11.6 Å². The van der Waals surface area contributed by atoms with Gasteiger partial charge in [0, 0.05) is 29.5 Å². The zero-order chi connectivity index (χ0) is 12.4. The van der Waals surface area contributed by atoms with Gasteiger partial charge in [-0.1, -0.05) is 17.7 Å². The summed E-state index contributed by atoms with van der Waals surface area (Å²) in [7, 11) is 0. The molecule has 0 aliphatic heterocycles. The molecule has 1 aliphatic carbocycles. The molecule has 2 rings (SSSR count). The average Bonchev–Trinajstić information content (AvgIpc) is 3.07. The molecule has 0 heterocycles. The summed E-state index contributed by atoms with van der Waals surface area (Å²) in [4.78, 5) is 11.8. The minimum atomic E-state index is -0.425. The molecule has 1 fully saturated rings. The van der Waals surface area contributed by atoms with Crippen LogP contribution in [0.25, 0.3) is 0 Å². The summed E-state index contributed by atoms with van der Waals surface area (Å²) in [6.45, 7) is 0. The van der Waals surface area contributed by atoms with E-state index in [-0.39, 0.29) is 23.8 Å². The lowest BCUT2D eigenvalue weighted by Gasteiger charge is -2.10. The number of ketones is 1. The average molecular weight is 256 g/mol. The van der Waals surface area contributed by atoms with Gasteiger partial charge in [-0.3, -0.25) is 4.79 Å². The van der Waals surface area contributed by atoms with Crippen molar-refractivity contribution in [1.82, 2.24) is 0 Å². The van der Waals surface area contributed by atoms with E-state index in [0.717, 1.165) is 12.8 Å². The van der Waals surface area contributed by atoms with Gasteiger partial charge in [-0.2, -0.15) is 0 Å². The molecule has 1 aromatic rings. The molecule has 1 aliphatic rings. The molecule has 1 atom stereocenters. The van der Waals surface area contributed by atoms with Crippen LogP contribution in [0.5, 0.6) is 0 Å². The molecule has 1 saturated carbocycles. The summed E-state index contributed by atoms with van der Waals surface area (Å²) in [6.07, 6.45) is 2.56. The van der Waals surface area contributed by atoms with Gasteiger partial charge in [-0.05, 0) is 30.9 Å². The Balaban J connectivity index is 1.97. The van der Waals surface area contributed by atoms with Crippen LogP contribution in [0.3, 0.4) is 0 Å². The fraction of sp³-hybridized carbons (Fsp3) is 0.462. The maximum atomic E-state index is 13.5. The van der Waals surface area contributed by atoms with Crippen molar-refractivity contribution in [1.29, 1.82) is 0 Å².